The fraction of sp³-hybridized carbons (Fsp3) is 0.316. The van der Waals surface area contributed by atoms with Crippen LogP contribution in [0, 0.1) is 0 Å². The molecule has 144 valence electrons. The zero-order chi connectivity index (χ0) is 20.4. The molecule has 2 aromatic rings. The summed E-state index contributed by atoms with van der Waals surface area (Å²) in [6.07, 6.45) is 0.126. The lowest BCUT2D eigenvalue weighted by molar-refractivity contribution is -0.123. The lowest BCUT2D eigenvalue weighted by Crippen LogP contribution is -2.30. The second-order valence-corrected chi connectivity index (χ2v) is 8.11. The number of amides is 1. The van der Waals surface area contributed by atoms with Gasteiger partial charge in [-0.25, -0.2) is 9.78 Å². The van der Waals surface area contributed by atoms with Crippen LogP contribution in [-0.2, 0) is 14.9 Å². The lowest BCUT2D eigenvalue weighted by Gasteiger charge is -2.19. The number of esters is 1. The first-order valence-corrected chi connectivity index (χ1v) is 9.26. The number of hydrogen-bond acceptors (Lipinski definition) is 4. The van der Waals surface area contributed by atoms with Crippen LogP contribution in [0.3, 0.4) is 0 Å². The maximum Gasteiger partial charge on any atom is 0.359 e. The van der Waals surface area contributed by atoms with E-state index in [0.717, 1.165) is 5.56 Å². The first-order chi connectivity index (χ1) is 12.5. The Balaban J connectivity index is 2.03. The number of nitrogens with zero attached hydrogens (tertiary/aromatic N) is 1. The molecule has 5 nitrogen and oxygen atoms in total. The number of halogens is 3. The molecule has 0 aliphatic carbocycles. The molecule has 0 aliphatic heterocycles. The Morgan fingerprint density at radius 1 is 1.07 bits per heavy atom. The number of carbonyl (C=O) groups excluding carboxylic acids is 2. The van der Waals surface area contributed by atoms with Crippen LogP contribution in [0.1, 0.15) is 43.7 Å². The quantitative estimate of drug-likeness (QED) is 0.649. The topological polar surface area (TPSA) is 68.3 Å². The van der Waals surface area contributed by atoms with Crippen molar-refractivity contribution in [2.24, 2.45) is 0 Å². The summed E-state index contributed by atoms with van der Waals surface area (Å²) in [5.41, 5.74) is 1.54. The maximum atomic E-state index is 12.3. The van der Waals surface area contributed by atoms with Crippen molar-refractivity contribution >= 4 is 52.4 Å². The van der Waals surface area contributed by atoms with Crippen LogP contribution in [-0.4, -0.2) is 23.0 Å². The van der Waals surface area contributed by atoms with Crippen LogP contribution >= 0.6 is 34.8 Å². The molecule has 1 amide bonds. The molecule has 1 atom stereocenters. The van der Waals surface area contributed by atoms with Crippen LogP contribution < -0.4 is 5.32 Å². The van der Waals surface area contributed by atoms with Crippen molar-refractivity contribution in [1.29, 1.82) is 0 Å². The number of hydrogen-bond donors (Lipinski definition) is 1. The number of aromatic nitrogens is 1. The second kappa shape index (κ2) is 8.46. The Hall–Kier alpha value is -1.82. The van der Waals surface area contributed by atoms with E-state index >= 15 is 0 Å². The minimum absolute atomic E-state index is 0.00340. The highest BCUT2D eigenvalue weighted by Crippen LogP contribution is 2.31. The zero-order valence-corrected chi connectivity index (χ0v) is 17.5. The molecular weight excluding hydrogens is 411 g/mol. The number of benzene rings is 1. The third-order valence-corrected chi connectivity index (χ3v) is 5.02. The van der Waals surface area contributed by atoms with E-state index in [1.165, 1.54) is 13.1 Å². The van der Waals surface area contributed by atoms with Gasteiger partial charge in [-0.15, -0.1) is 0 Å². The smallest absolute Gasteiger partial charge is 0.359 e. The standard InChI is InChI=1S/C19H19Cl3N2O3/c1-10(27-18(26)16-15(22)14(21)13(20)9-23-16)17(25)24-12-7-5-11(6-8-12)19(2,3)4/h5-10H,1-4H3,(H,24,25)/t10-/m0/s1. The minimum atomic E-state index is -1.06. The fourth-order valence-corrected chi connectivity index (χ4v) is 2.71. The SMILES string of the molecule is C[C@H](OC(=O)c1ncc(Cl)c(Cl)c1Cl)C(=O)Nc1ccc(C(C)(C)C)cc1. The molecule has 0 bridgehead atoms. The summed E-state index contributed by atoms with van der Waals surface area (Å²) in [5, 5.41) is 2.68. The average molecular weight is 430 g/mol. The molecule has 0 radical (unpaired) electrons. The van der Waals surface area contributed by atoms with Gasteiger partial charge in [-0.05, 0) is 30.0 Å². The normalized spacial score (nSPS) is 12.4. The molecule has 0 fully saturated rings. The van der Waals surface area contributed by atoms with Gasteiger partial charge < -0.3 is 10.1 Å². The molecule has 8 heteroatoms. The molecule has 2 rings (SSSR count). The molecule has 0 unspecified atom stereocenters. The van der Waals surface area contributed by atoms with Crippen molar-refractivity contribution in [2.75, 3.05) is 5.32 Å². The predicted molar refractivity (Wildman–Crippen MR) is 108 cm³/mol. The molecule has 1 heterocycles. The van der Waals surface area contributed by atoms with Gasteiger partial charge in [0.05, 0.1) is 15.1 Å². The summed E-state index contributed by atoms with van der Waals surface area (Å²) in [7, 11) is 0. The summed E-state index contributed by atoms with van der Waals surface area (Å²) < 4.78 is 5.12. The molecular formula is C19H19Cl3N2O3. The summed E-state index contributed by atoms with van der Waals surface area (Å²) in [6.45, 7) is 7.75. The molecule has 1 aromatic heterocycles. The average Bonchev–Trinajstić information content (AvgIpc) is 2.59. The maximum absolute atomic E-state index is 12.3. The Labute approximate surface area is 173 Å². The third-order valence-electron chi connectivity index (χ3n) is 3.78. The summed E-state index contributed by atoms with van der Waals surface area (Å²) >= 11 is 17.6. The van der Waals surface area contributed by atoms with Crippen LogP contribution in [0.15, 0.2) is 30.5 Å². The lowest BCUT2D eigenvalue weighted by atomic mass is 9.87. The van der Waals surface area contributed by atoms with Gasteiger partial charge in [0, 0.05) is 11.9 Å². The van der Waals surface area contributed by atoms with Crippen molar-refractivity contribution in [3.8, 4) is 0 Å². The first-order valence-electron chi connectivity index (χ1n) is 8.12. The van der Waals surface area contributed by atoms with Crippen molar-refractivity contribution in [3.05, 3.63) is 56.8 Å². The van der Waals surface area contributed by atoms with E-state index in [9.17, 15) is 9.59 Å². The van der Waals surface area contributed by atoms with Crippen molar-refractivity contribution < 1.29 is 14.3 Å². The molecule has 27 heavy (non-hydrogen) atoms. The highest BCUT2D eigenvalue weighted by atomic mass is 35.5. The molecule has 0 spiro atoms. The van der Waals surface area contributed by atoms with Crippen molar-refractivity contribution in [3.63, 3.8) is 0 Å². The summed E-state index contributed by atoms with van der Waals surface area (Å²) in [5.74, 6) is -1.35. The van der Waals surface area contributed by atoms with Crippen molar-refractivity contribution in [2.45, 2.75) is 39.2 Å². The highest BCUT2D eigenvalue weighted by molar-refractivity contribution is 6.48. The molecule has 1 aromatic carbocycles. The van der Waals surface area contributed by atoms with Crippen LogP contribution in [0.2, 0.25) is 15.1 Å². The van der Waals surface area contributed by atoms with Gasteiger partial charge in [0.25, 0.3) is 5.91 Å². The molecule has 0 saturated heterocycles. The van der Waals surface area contributed by atoms with E-state index in [2.05, 4.69) is 31.1 Å². The number of rotatable bonds is 4. The van der Waals surface area contributed by atoms with Gasteiger partial charge in [0.15, 0.2) is 11.8 Å². The number of ether oxygens (including phenoxy) is 1. The van der Waals surface area contributed by atoms with Gasteiger partial charge >= 0.3 is 5.97 Å². The molecule has 0 saturated carbocycles. The van der Waals surface area contributed by atoms with Gasteiger partial charge in [0.1, 0.15) is 0 Å². The van der Waals surface area contributed by atoms with Crippen molar-refractivity contribution in [1.82, 2.24) is 4.98 Å². The Kier molecular flexibility index (Phi) is 6.73. The fourth-order valence-electron chi connectivity index (χ4n) is 2.15. The molecule has 0 aliphatic rings. The third kappa shape index (κ3) is 5.34. The van der Waals surface area contributed by atoms with E-state index in [0.29, 0.717) is 5.69 Å². The Morgan fingerprint density at radius 2 is 1.67 bits per heavy atom. The van der Waals surface area contributed by atoms with Gasteiger partial charge in [-0.2, -0.15) is 0 Å². The first kappa shape index (κ1) is 21.5. The van der Waals surface area contributed by atoms with E-state index in [-0.39, 0.29) is 26.2 Å². The van der Waals surface area contributed by atoms with Crippen LogP contribution in [0.4, 0.5) is 5.69 Å². The molecule has 1 N–H and O–H groups in total. The van der Waals surface area contributed by atoms with Gasteiger partial charge in [0.2, 0.25) is 0 Å². The van der Waals surface area contributed by atoms with Gasteiger partial charge in [-0.3, -0.25) is 4.79 Å². The summed E-state index contributed by atoms with van der Waals surface area (Å²) in [4.78, 5) is 28.3. The number of pyridine rings is 1. The van der Waals surface area contributed by atoms with Crippen LogP contribution in [0.5, 0.6) is 0 Å². The van der Waals surface area contributed by atoms with Crippen LogP contribution in [0.25, 0.3) is 0 Å². The largest absolute Gasteiger partial charge is 0.448 e. The van der Waals surface area contributed by atoms with E-state index in [1.807, 2.05) is 12.1 Å². The monoisotopic (exact) mass is 428 g/mol. The van der Waals surface area contributed by atoms with E-state index in [1.54, 1.807) is 12.1 Å². The number of nitrogens with one attached hydrogen (secondary N) is 1. The Morgan fingerprint density at radius 3 is 2.22 bits per heavy atom. The van der Waals surface area contributed by atoms with E-state index in [4.69, 9.17) is 39.5 Å². The second-order valence-electron chi connectivity index (χ2n) is 6.95. The number of anilines is 1. The summed E-state index contributed by atoms with van der Waals surface area (Å²) in [6, 6.07) is 7.46. The van der Waals surface area contributed by atoms with E-state index < -0.39 is 18.0 Å². The zero-order valence-electron chi connectivity index (χ0n) is 15.3. The minimum Gasteiger partial charge on any atom is -0.448 e. The van der Waals surface area contributed by atoms with Gasteiger partial charge in [-0.1, -0.05) is 67.7 Å². The highest BCUT2D eigenvalue weighted by Gasteiger charge is 2.24. The Bertz CT molecular complexity index is 862. The predicted octanol–water partition coefficient (Wildman–Crippen LogP) is 5.52. The number of carbonyl (C=O) groups is 2.